The standard InChI is InChI=1S/C34H39F3N4O4S/c1-19(2)12-27(41-17-22(10-11-40(5)6)25(15-29(41)42)34(35,36)37)33(45)39-26(16-30(43)44)24-13-23(14-28-32(24)38-18-46-28)31-20(3)8-7-9-21(31)4/h7-9,13-15,17-19,26-27H,10-12,16H2,1-6H3,(H,39,45)(H,43,44). The van der Waals surface area contributed by atoms with Gasteiger partial charge in [-0.3, -0.25) is 14.4 Å². The molecule has 0 radical (unpaired) electrons. The van der Waals surface area contributed by atoms with Gasteiger partial charge < -0.3 is 19.9 Å². The molecular weight excluding hydrogens is 617 g/mol. The van der Waals surface area contributed by atoms with Crippen molar-refractivity contribution in [3.8, 4) is 11.1 Å². The number of fused-ring (bicyclic) bond motifs is 1. The number of carboxylic acid groups (broad SMARTS) is 1. The number of carbonyl (C=O) groups is 2. The normalized spacial score (nSPS) is 13.4. The Labute approximate surface area is 269 Å². The van der Waals surface area contributed by atoms with E-state index < -0.39 is 47.7 Å². The summed E-state index contributed by atoms with van der Waals surface area (Å²) < 4.78 is 43.7. The lowest BCUT2D eigenvalue weighted by Crippen LogP contribution is -2.40. The number of halogens is 3. The van der Waals surface area contributed by atoms with Gasteiger partial charge in [-0.15, -0.1) is 11.3 Å². The molecule has 0 aliphatic carbocycles. The van der Waals surface area contributed by atoms with Gasteiger partial charge in [-0.2, -0.15) is 13.2 Å². The van der Waals surface area contributed by atoms with E-state index in [1.807, 2.05) is 58.0 Å². The quantitative estimate of drug-likeness (QED) is 0.174. The van der Waals surface area contributed by atoms with E-state index in [4.69, 9.17) is 0 Å². The summed E-state index contributed by atoms with van der Waals surface area (Å²) in [5.41, 5.74) is 4.48. The smallest absolute Gasteiger partial charge is 0.416 e. The lowest BCUT2D eigenvalue weighted by Gasteiger charge is -2.26. The predicted octanol–water partition coefficient (Wildman–Crippen LogP) is 6.78. The summed E-state index contributed by atoms with van der Waals surface area (Å²) in [5, 5.41) is 12.8. The molecule has 0 aliphatic rings. The minimum Gasteiger partial charge on any atom is -0.481 e. The van der Waals surface area contributed by atoms with Gasteiger partial charge in [-0.1, -0.05) is 32.0 Å². The zero-order valence-corrected chi connectivity index (χ0v) is 27.6. The van der Waals surface area contributed by atoms with Crippen LogP contribution in [0.15, 0.2) is 52.9 Å². The first-order valence-corrected chi connectivity index (χ1v) is 15.9. The maximum Gasteiger partial charge on any atom is 0.416 e. The molecule has 2 heterocycles. The Morgan fingerprint density at radius 3 is 2.37 bits per heavy atom. The molecule has 0 fully saturated rings. The van der Waals surface area contributed by atoms with Crippen molar-refractivity contribution in [1.29, 1.82) is 0 Å². The number of pyridine rings is 1. The lowest BCUT2D eigenvalue weighted by atomic mass is 9.91. The van der Waals surface area contributed by atoms with Crippen LogP contribution in [-0.2, 0) is 22.2 Å². The fraction of sp³-hybridized carbons (Fsp3) is 0.412. The van der Waals surface area contributed by atoms with Crippen LogP contribution in [0.1, 0.15) is 66.6 Å². The average Bonchev–Trinajstić information content (AvgIpc) is 3.42. The molecule has 2 atom stereocenters. The van der Waals surface area contributed by atoms with Gasteiger partial charge in [0.25, 0.3) is 5.56 Å². The largest absolute Gasteiger partial charge is 0.481 e. The number of aliphatic carboxylic acids is 1. The van der Waals surface area contributed by atoms with E-state index >= 15 is 0 Å². The van der Waals surface area contributed by atoms with E-state index in [0.717, 1.165) is 37.7 Å². The highest BCUT2D eigenvalue weighted by Gasteiger charge is 2.36. The van der Waals surface area contributed by atoms with E-state index in [1.165, 1.54) is 11.3 Å². The molecule has 2 aromatic heterocycles. The zero-order chi connectivity index (χ0) is 33.9. The first kappa shape index (κ1) is 34.8. The predicted molar refractivity (Wildman–Crippen MR) is 174 cm³/mol. The van der Waals surface area contributed by atoms with Crippen molar-refractivity contribution >= 4 is 33.4 Å². The number of rotatable bonds is 12. The van der Waals surface area contributed by atoms with Gasteiger partial charge in [0.2, 0.25) is 5.91 Å². The summed E-state index contributed by atoms with van der Waals surface area (Å²) in [6, 6.07) is 8.09. The summed E-state index contributed by atoms with van der Waals surface area (Å²) in [5.74, 6) is -1.95. The number of carbonyl (C=O) groups excluding carboxylic acids is 1. The molecule has 46 heavy (non-hydrogen) atoms. The van der Waals surface area contributed by atoms with E-state index in [9.17, 15) is 32.7 Å². The number of nitrogens with zero attached hydrogens (tertiary/aromatic N) is 3. The highest BCUT2D eigenvalue weighted by molar-refractivity contribution is 7.16. The first-order chi connectivity index (χ1) is 21.6. The van der Waals surface area contributed by atoms with Crippen molar-refractivity contribution < 1.29 is 27.9 Å². The van der Waals surface area contributed by atoms with Crippen molar-refractivity contribution in [2.45, 2.75) is 65.2 Å². The number of alkyl halides is 3. The number of amides is 1. The molecule has 1 amide bonds. The number of hydrogen-bond acceptors (Lipinski definition) is 6. The van der Waals surface area contributed by atoms with Crippen molar-refractivity contribution in [2.75, 3.05) is 20.6 Å². The molecule has 4 rings (SSSR count). The number of aryl methyl sites for hydroxylation is 2. The number of likely N-dealkylation sites (N-methyl/N-ethyl adjacent to an activating group) is 1. The molecule has 0 spiro atoms. The Bertz CT molecular complexity index is 1780. The highest BCUT2D eigenvalue weighted by Crippen LogP contribution is 2.37. The van der Waals surface area contributed by atoms with E-state index in [1.54, 1.807) is 24.5 Å². The first-order valence-electron chi connectivity index (χ1n) is 15.0. The van der Waals surface area contributed by atoms with Crippen LogP contribution in [0.25, 0.3) is 21.3 Å². The van der Waals surface area contributed by atoms with E-state index in [0.29, 0.717) is 23.7 Å². The van der Waals surface area contributed by atoms with Crippen molar-refractivity contribution in [2.24, 2.45) is 5.92 Å². The van der Waals surface area contributed by atoms with Crippen LogP contribution >= 0.6 is 11.3 Å². The summed E-state index contributed by atoms with van der Waals surface area (Å²) in [6.07, 6.45) is -3.94. The number of thiazole rings is 1. The fourth-order valence-electron chi connectivity index (χ4n) is 5.79. The van der Waals surface area contributed by atoms with Crippen LogP contribution in [0, 0.1) is 19.8 Å². The number of hydrogen-bond donors (Lipinski definition) is 2. The third-order valence-corrected chi connectivity index (χ3v) is 8.71. The minimum absolute atomic E-state index is 0.00665. The molecule has 246 valence electrons. The van der Waals surface area contributed by atoms with Gasteiger partial charge in [0.15, 0.2) is 0 Å². The molecule has 12 heteroatoms. The average molecular weight is 657 g/mol. The monoisotopic (exact) mass is 656 g/mol. The maximum atomic E-state index is 14.1. The third kappa shape index (κ3) is 8.03. The molecule has 0 aliphatic heterocycles. The number of aromatic nitrogens is 2. The van der Waals surface area contributed by atoms with Crippen molar-refractivity contribution in [3.63, 3.8) is 0 Å². The second kappa shape index (κ2) is 14.2. The Hall–Kier alpha value is -4.03. The molecule has 0 bridgehead atoms. The number of benzene rings is 2. The number of carboxylic acids is 1. The highest BCUT2D eigenvalue weighted by atomic mass is 32.1. The van der Waals surface area contributed by atoms with Crippen LogP contribution in [0.2, 0.25) is 0 Å². The Morgan fingerprint density at radius 1 is 1.11 bits per heavy atom. The molecule has 8 nitrogen and oxygen atoms in total. The molecule has 2 aromatic carbocycles. The fourth-order valence-corrected chi connectivity index (χ4v) is 6.54. The van der Waals surface area contributed by atoms with Crippen LogP contribution in [0.5, 0.6) is 0 Å². The Balaban J connectivity index is 1.82. The SMILES string of the molecule is Cc1cccc(C)c1-c1cc(C(CC(=O)O)NC(=O)C(CC(C)C)n2cc(CCN(C)C)c(C(F)(F)F)cc2=O)c2ncsc2c1. The minimum atomic E-state index is -4.75. The second-order valence-electron chi connectivity index (χ2n) is 12.3. The van der Waals surface area contributed by atoms with Crippen molar-refractivity contribution in [1.82, 2.24) is 19.8 Å². The van der Waals surface area contributed by atoms with Crippen LogP contribution in [-0.4, -0.2) is 52.1 Å². The maximum absolute atomic E-state index is 14.1. The zero-order valence-electron chi connectivity index (χ0n) is 26.7. The van der Waals surface area contributed by atoms with Gasteiger partial charge >= 0.3 is 12.1 Å². The topological polar surface area (TPSA) is 105 Å². The van der Waals surface area contributed by atoms with Gasteiger partial charge in [0.05, 0.1) is 33.8 Å². The molecular formula is C34H39F3N4O4S. The summed E-state index contributed by atoms with van der Waals surface area (Å²) in [4.78, 5) is 45.7. The Morgan fingerprint density at radius 2 is 1.78 bits per heavy atom. The number of nitrogens with one attached hydrogen (secondary N) is 1. The van der Waals surface area contributed by atoms with E-state index in [2.05, 4.69) is 10.3 Å². The second-order valence-corrected chi connectivity index (χ2v) is 13.2. The van der Waals surface area contributed by atoms with Crippen LogP contribution < -0.4 is 10.9 Å². The van der Waals surface area contributed by atoms with Crippen molar-refractivity contribution in [3.05, 3.63) is 86.3 Å². The summed E-state index contributed by atoms with van der Waals surface area (Å²) in [6.45, 7) is 7.94. The summed E-state index contributed by atoms with van der Waals surface area (Å²) in [7, 11) is 3.46. The van der Waals surface area contributed by atoms with Crippen LogP contribution in [0.4, 0.5) is 13.2 Å². The molecule has 4 aromatic rings. The van der Waals surface area contributed by atoms with Gasteiger partial charge in [0, 0.05) is 24.4 Å². The van der Waals surface area contributed by atoms with Crippen LogP contribution in [0.3, 0.4) is 0 Å². The molecule has 0 saturated carbocycles. The van der Waals surface area contributed by atoms with Gasteiger partial charge in [-0.25, -0.2) is 4.98 Å². The van der Waals surface area contributed by atoms with Gasteiger partial charge in [0.1, 0.15) is 6.04 Å². The Kier molecular flexibility index (Phi) is 10.7. The van der Waals surface area contributed by atoms with E-state index in [-0.39, 0.29) is 24.3 Å². The molecule has 2 N–H and O–H groups in total. The third-order valence-electron chi connectivity index (χ3n) is 7.94. The molecule has 2 unspecified atom stereocenters. The molecule has 0 saturated heterocycles. The van der Waals surface area contributed by atoms with Gasteiger partial charge in [-0.05, 0) is 86.7 Å². The lowest BCUT2D eigenvalue weighted by molar-refractivity contribution is -0.139. The summed E-state index contributed by atoms with van der Waals surface area (Å²) >= 11 is 1.39.